The fourth-order valence-corrected chi connectivity index (χ4v) is 2.39. The summed E-state index contributed by atoms with van der Waals surface area (Å²) in [6, 6.07) is 0. The fraction of sp³-hybridized carbons (Fsp3) is 0.600. The molecule has 0 aliphatic carbocycles. The number of aromatic nitrogens is 1. The van der Waals surface area contributed by atoms with Gasteiger partial charge in [0.15, 0.2) is 5.13 Å². The number of hydrogen-bond donors (Lipinski definition) is 2. The Bertz CT molecular complexity index is 344. The van der Waals surface area contributed by atoms with Crippen LogP contribution >= 0.6 is 11.3 Å². The predicted molar refractivity (Wildman–Crippen MR) is 61.1 cm³/mol. The quantitative estimate of drug-likeness (QED) is 0.799. The number of carbonyl (C=O) groups excluding carboxylic acids is 1. The molecule has 1 aromatic rings. The number of thiazole rings is 1. The summed E-state index contributed by atoms with van der Waals surface area (Å²) in [6.45, 7) is 3.74. The minimum atomic E-state index is 0.0940. The number of piperidine rings is 1. The zero-order valence-electron chi connectivity index (χ0n) is 8.75. The molecule has 2 heterocycles. The second-order valence-corrected chi connectivity index (χ2v) is 4.68. The SMILES string of the molecule is Cc1csc(NC(=O)C2CCCNC2)n1. The molecule has 2 rings (SSSR count). The molecule has 1 atom stereocenters. The molecule has 5 heteroatoms. The number of nitrogens with one attached hydrogen (secondary N) is 2. The molecule has 1 aromatic heterocycles. The van der Waals surface area contributed by atoms with Crippen molar-refractivity contribution >= 4 is 22.4 Å². The summed E-state index contributed by atoms with van der Waals surface area (Å²) in [4.78, 5) is 16.0. The van der Waals surface area contributed by atoms with Crippen LogP contribution in [0.4, 0.5) is 5.13 Å². The van der Waals surface area contributed by atoms with Crippen LogP contribution in [0.1, 0.15) is 18.5 Å². The molecule has 0 spiro atoms. The van der Waals surface area contributed by atoms with Gasteiger partial charge in [-0.3, -0.25) is 4.79 Å². The second kappa shape index (κ2) is 4.72. The summed E-state index contributed by atoms with van der Waals surface area (Å²) in [6.07, 6.45) is 2.05. The molecule has 2 N–H and O–H groups in total. The highest BCUT2D eigenvalue weighted by Gasteiger charge is 2.21. The monoisotopic (exact) mass is 225 g/mol. The van der Waals surface area contributed by atoms with Gasteiger partial charge in [0, 0.05) is 11.9 Å². The third-order valence-electron chi connectivity index (χ3n) is 2.52. The van der Waals surface area contributed by atoms with E-state index in [0.717, 1.165) is 31.6 Å². The number of carbonyl (C=O) groups is 1. The van der Waals surface area contributed by atoms with E-state index in [2.05, 4.69) is 15.6 Å². The Hall–Kier alpha value is -0.940. The number of aryl methyl sites for hydroxylation is 1. The Balaban J connectivity index is 1.91. The van der Waals surface area contributed by atoms with Crippen molar-refractivity contribution < 1.29 is 4.79 Å². The summed E-state index contributed by atoms with van der Waals surface area (Å²) in [5.41, 5.74) is 0.956. The molecule has 0 bridgehead atoms. The van der Waals surface area contributed by atoms with Crippen LogP contribution in [-0.4, -0.2) is 24.0 Å². The largest absolute Gasteiger partial charge is 0.316 e. The Morgan fingerprint density at radius 3 is 3.20 bits per heavy atom. The van der Waals surface area contributed by atoms with Crippen molar-refractivity contribution in [1.29, 1.82) is 0 Å². The Labute approximate surface area is 93.1 Å². The first-order valence-electron chi connectivity index (χ1n) is 5.19. The lowest BCUT2D eigenvalue weighted by Gasteiger charge is -2.21. The maximum absolute atomic E-state index is 11.8. The zero-order valence-corrected chi connectivity index (χ0v) is 9.56. The lowest BCUT2D eigenvalue weighted by atomic mass is 9.99. The van der Waals surface area contributed by atoms with Gasteiger partial charge in [0.2, 0.25) is 5.91 Å². The normalized spacial score (nSPS) is 21.3. The van der Waals surface area contributed by atoms with Crippen LogP contribution < -0.4 is 10.6 Å². The standard InChI is InChI=1S/C10H15N3OS/c1-7-6-15-10(12-7)13-9(14)8-3-2-4-11-5-8/h6,8,11H,2-5H2,1H3,(H,12,13,14). The predicted octanol–water partition coefficient (Wildman–Crippen LogP) is 1.39. The molecule has 1 aliphatic rings. The average molecular weight is 225 g/mol. The molecule has 0 saturated carbocycles. The molecule has 0 aromatic carbocycles. The fourth-order valence-electron chi connectivity index (χ4n) is 1.69. The molecule has 1 aliphatic heterocycles. The molecule has 0 radical (unpaired) electrons. The van der Waals surface area contributed by atoms with Gasteiger partial charge in [-0.15, -0.1) is 11.3 Å². The third kappa shape index (κ3) is 2.76. The molecule has 82 valence electrons. The number of anilines is 1. The van der Waals surface area contributed by atoms with Crippen molar-refractivity contribution in [3.8, 4) is 0 Å². The van der Waals surface area contributed by atoms with Crippen molar-refractivity contribution in [1.82, 2.24) is 10.3 Å². The van der Waals surface area contributed by atoms with Crippen molar-refractivity contribution in [3.63, 3.8) is 0 Å². The maximum Gasteiger partial charge on any atom is 0.230 e. The van der Waals surface area contributed by atoms with E-state index < -0.39 is 0 Å². The molecule has 15 heavy (non-hydrogen) atoms. The van der Waals surface area contributed by atoms with Crippen molar-refractivity contribution in [2.75, 3.05) is 18.4 Å². The van der Waals surface area contributed by atoms with E-state index in [1.165, 1.54) is 11.3 Å². The van der Waals surface area contributed by atoms with Crippen LogP contribution in [-0.2, 0) is 4.79 Å². The smallest absolute Gasteiger partial charge is 0.230 e. The van der Waals surface area contributed by atoms with Crippen LogP contribution in [0.2, 0.25) is 0 Å². The number of nitrogens with zero attached hydrogens (tertiary/aromatic N) is 1. The van der Waals surface area contributed by atoms with Gasteiger partial charge in [-0.1, -0.05) is 0 Å². The summed E-state index contributed by atoms with van der Waals surface area (Å²) in [7, 11) is 0. The van der Waals surface area contributed by atoms with E-state index >= 15 is 0 Å². The molecule has 1 fully saturated rings. The highest BCUT2D eigenvalue weighted by Crippen LogP contribution is 2.17. The van der Waals surface area contributed by atoms with Crippen molar-refractivity contribution in [2.45, 2.75) is 19.8 Å². The van der Waals surface area contributed by atoms with Crippen LogP contribution in [0.5, 0.6) is 0 Å². The first-order valence-corrected chi connectivity index (χ1v) is 6.07. The van der Waals surface area contributed by atoms with Gasteiger partial charge in [0.1, 0.15) is 0 Å². The van der Waals surface area contributed by atoms with E-state index in [1.54, 1.807) is 0 Å². The van der Waals surface area contributed by atoms with Crippen LogP contribution in [0.15, 0.2) is 5.38 Å². The van der Waals surface area contributed by atoms with Gasteiger partial charge in [0.25, 0.3) is 0 Å². The average Bonchev–Trinajstić information content (AvgIpc) is 2.65. The Kier molecular flexibility index (Phi) is 3.33. The van der Waals surface area contributed by atoms with Gasteiger partial charge in [-0.05, 0) is 26.3 Å². The molecule has 4 nitrogen and oxygen atoms in total. The van der Waals surface area contributed by atoms with Crippen LogP contribution in [0.25, 0.3) is 0 Å². The van der Waals surface area contributed by atoms with E-state index in [0.29, 0.717) is 5.13 Å². The maximum atomic E-state index is 11.8. The van der Waals surface area contributed by atoms with Gasteiger partial charge in [-0.2, -0.15) is 0 Å². The van der Waals surface area contributed by atoms with Crippen LogP contribution in [0.3, 0.4) is 0 Å². The minimum absolute atomic E-state index is 0.0940. The van der Waals surface area contributed by atoms with Crippen molar-refractivity contribution in [3.05, 3.63) is 11.1 Å². The topological polar surface area (TPSA) is 54.0 Å². The summed E-state index contributed by atoms with van der Waals surface area (Å²) in [5.74, 6) is 0.194. The minimum Gasteiger partial charge on any atom is -0.316 e. The van der Waals surface area contributed by atoms with E-state index in [1.807, 2.05) is 12.3 Å². The Morgan fingerprint density at radius 2 is 2.60 bits per heavy atom. The third-order valence-corrected chi connectivity index (χ3v) is 3.39. The number of rotatable bonds is 2. The molecule has 1 amide bonds. The zero-order chi connectivity index (χ0) is 10.7. The van der Waals surface area contributed by atoms with E-state index in [-0.39, 0.29) is 11.8 Å². The summed E-state index contributed by atoms with van der Waals surface area (Å²) >= 11 is 1.48. The molecule has 1 unspecified atom stereocenters. The van der Waals surface area contributed by atoms with Gasteiger partial charge in [-0.25, -0.2) is 4.98 Å². The molecular weight excluding hydrogens is 210 g/mol. The first kappa shape index (κ1) is 10.6. The summed E-state index contributed by atoms with van der Waals surface area (Å²) < 4.78 is 0. The van der Waals surface area contributed by atoms with Gasteiger partial charge in [0.05, 0.1) is 11.6 Å². The lowest BCUT2D eigenvalue weighted by molar-refractivity contribution is -0.120. The van der Waals surface area contributed by atoms with Crippen molar-refractivity contribution in [2.24, 2.45) is 5.92 Å². The highest BCUT2D eigenvalue weighted by molar-refractivity contribution is 7.13. The summed E-state index contributed by atoms with van der Waals surface area (Å²) in [5, 5.41) is 8.74. The van der Waals surface area contributed by atoms with Gasteiger partial charge < -0.3 is 10.6 Å². The molecular formula is C10H15N3OS. The van der Waals surface area contributed by atoms with Gasteiger partial charge >= 0.3 is 0 Å². The highest BCUT2D eigenvalue weighted by atomic mass is 32.1. The van der Waals surface area contributed by atoms with E-state index in [4.69, 9.17) is 0 Å². The lowest BCUT2D eigenvalue weighted by Crippen LogP contribution is -2.37. The number of amides is 1. The second-order valence-electron chi connectivity index (χ2n) is 3.83. The van der Waals surface area contributed by atoms with Crippen LogP contribution in [0, 0.1) is 12.8 Å². The van der Waals surface area contributed by atoms with E-state index in [9.17, 15) is 4.79 Å². The Morgan fingerprint density at radius 1 is 1.73 bits per heavy atom. The number of hydrogen-bond acceptors (Lipinski definition) is 4. The molecule has 1 saturated heterocycles. The first-order chi connectivity index (χ1) is 7.25.